The second-order valence-corrected chi connectivity index (χ2v) is 6.02. The number of ether oxygens (including phenoxy) is 2. The fraction of sp³-hybridized carbons (Fsp3) is 0.143. The number of hydrogen-bond donors (Lipinski definition) is 0. The van der Waals surface area contributed by atoms with Gasteiger partial charge in [0, 0.05) is 18.2 Å². The van der Waals surface area contributed by atoms with E-state index in [1.54, 1.807) is 54.7 Å². The summed E-state index contributed by atoms with van der Waals surface area (Å²) in [5.41, 5.74) is 2.49. The molecule has 3 aromatic rings. The van der Waals surface area contributed by atoms with Gasteiger partial charge in [0.2, 0.25) is 0 Å². The van der Waals surface area contributed by atoms with Gasteiger partial charge in [-0.3, -0.25) is 4.98 Å². The number of rotatable bonds is 4. The van der Waals surface area contributed by atoms with Crippen LogP contribution in [0.15, 0.2) is 66.9 Å². The lowest BCUT2D eigenvalue weighted by molar-refractivity contribution is 0.0370. The Morgan fingerprint density at radius 3 is 2.85 bits per heavy atom. The van der Waals surface area contributed by atoms with Gasteiger partial charge in [-0.2, -0.15) is 0 Å². The lowest BCUT2D eigenvalue weighted by Gasteiger charge is -2.18. The number of carbonyl (C=O) groups excluding carboxylic acids is 1. The normalized spacial score (nSPS) is 13.6. The van der Waals surface area contributed by atoms with Gasteiger partial charge in [-0.1, -0.05) is 18.2 Å². The van der Waals surface area contributed by atoms with E-state index < -0.39 is 17.9 Å². The Hall–Kier alpha value is -3.21. The molecule has 0 radical (unpaired) electrons. The van der Waals surface area contributed by atoms with Crippen LogP contribution in [0.4, 0.5) is 4.39 Å². The molecule has 0 saturated carbocycles. The van der Waals surface area contributed by atoms with Crippen LogP contribution < -0.4 is 4.74 Å². The predicted octanol–water partition coefficient (Wildman–Crippen LogP) is 4.10. The van der Waals surface area contributed by atoms with Gasteiger partial charge in [0.05, 0.1) is 17.9 Å². The molecule has 5 heteroatoms. The third-order valence-corrected chi connectivity index (χ3v) is 4.26. The molecule has 4 rings (SSSR count). The van der Waals surface area contributed by atoms with Gasteiger partial charge in [0.15, 0.2) is 6.10 Å². The lowest BCUT2D eigenvalue weighted by Crippen LogP contribution is -2.14. The summed E-state index contributed by atoms with van der Waals surface area (Å²) < 4.78 is 24.9. The minimum absolute atomic E-state index is 0.394. The Kier molecular flexibility index (Phi) is 4.35. The van der Waals surface area contributed by atoms with Crippen LogP contribution in [0.5, 0.6) is 5.75 Å². The van der Waals surface area contributed by atoms with Crippen LogP contribution in [0.25, 0.3) is 0 Å². The maximum atomic E-state index is 13.7. The van der Waals surface area contributed by atoms with E-state index >= 15 is 0 Å². The molecule has 1 aliphatic rings. The summed E-state index contributed by atoms with van der Waals surface area (Å²) in [6.07, 6.45) is 1.59. The highest BCUT2D eigenvalue weighted by molar-refractivity contribution is 5.90. The topological polar surface area (TPSA) is 48.4 Å². The second kappa shape index (κ2) is 6.96. The molecule has 130 valence electrons. The molecule has 0 amide bonds. The zero-order valence-electron chi connectivity index (χ0n) is 13.9. The Labute approximate surface area is 150 Å². The summed E-state index contributed by atoms with van der Waals surface area (Å²) >= 11 is 0. The number of nitrogens with zero attached hydrogens (tertiary/aromatic N) is 1. The van der Waals surface area contributed by atoms with Crippen molar-refractivity contribution in [3.8, 4) is 5.75 Å². The number of benzene rings is 2. The van der Waals surface area contributed by atoms with Crippen molar-refractivity contribution >= 4 is 5.97 Å². The highest BCUT2D eigenvalue weighted by Gasteiger charge is 2.23. The Morgan fingerprint density at radius 1 is 1.12 bits per heavy atom. The second-order valence-electron chi connectivity index (χ2n) is 6.02. The van der Waals surface area contributed by atoms with Crippen LogP contribution in [-0.2, 0) is 11.2 Å². The van der Waals surface area contributed by atoms with Crippen LogP contribution in [0, 0.1) is 5.82 Å². The van der Waals surface area contributed by atoms with Gasteiger partial charge in [0.25, 0.3) is 0 Å². The first-order valence-electron chi connectivity index (χ1n) is 8.34. The maximum absolute atomic E-state index is 13.7. The predicted molar refractivity (Wildman–Crippen MR) is 93.5 cm³/mol. The average molecular weight is 349 g/mol. The average Bonchev–Trinajstić information content (AvgIpc) is 3.14. The van der Waals surface area contributed by atoms with E-state index in [1.807, 2.05) is 0 Å². The maximum Gasteiger partial charge on any atom is 0.339 e. The monoisotopic (exact) mass is 349 g/mol. The fourth-order valence-corrected chi connectivity index (χ4v) is 2.99. The zero-order chi connectivity index (χ0) is 17.9. The molecule has 0 aliphatic carbocycles. The summed E-state index contributed by atoms with van der Waals surface area (Å²) in [6.45, 7) is 0.619. The molecular formula is C21H16FNO3. The first-order valence-corrected chi connectivity index (χ1v) is 8.34. The zero-order valence-corrected chi connectivity index (χ0v) is 13.9. The van der Waals surface area contributed by atoms with E-state index in [2.05, 4.69) is 4.98 Å². The molecule has 0 spiro atoms. The molecule has 0 bridgehead atoms. The quantitative estimate of drug-likeness (QED) is 0.665. The molecule has 1 aromatic heterocycles. The third kappa shape index (κ3) is 3.28. The van der Waals surface area contributed by atoms with Crippen molar-refractivity contribution in [1.29, 1.82) is 0 Å². The summed E-state index contributed by atoms with van der Waals surface area (Å²) in [4.78, 5) is 17.0. The molecule has 0 N–H and O–H groups in total. The highest BCUT2D eigenvalue weighted by Crippen LogP contribution is 2.29. The minimum Gasteiger partial charge on any atom is -0.493 e. The number of aromatic nitrogens is 1. The van der Waals surface area contributed by atoms with Crippen LogP contribution in [-0.4, -0.2) is 17.6 Å². The van der Waals surface area contributed by atoms with Gasteiger partial charge < -0.3 is 9.47 Å². The lowest BCUT2D eigenvalue weighted by atomic mass is 10.0. The minimum atomic E-state index is -0.788. The SMILES string of the molecule is O=C(OC(c1cccc(F)c1)c1ccccn1)c1ccc2c(c1)CCO2. The fourth-order valence-electron chi connectivity index (χ4n) is 2.99. The number of hydrogen-bond acceptors (Lipinski definition) is 4. The first-order chi connectivity index (χ1) is 12.7. The highest BCUT2D eigenvalue weighted by atomic mass is 19.1. The van der Waals surface area contributed by atoms with E-state index in [1.165, 1.54) is 12.1 Å². The molecule has 2 heterocycles. The molecule has 1 atom stereocenters. The molecule has 0 fully saturated rings. The molecule has 1 unspecified atom stereocenters. The van der Waals surface area contributed by atoms with Crippen molar-refractivity contribution in [1.82, 2.24) is 4.98 Å². The Balaban J connectivity index is 1.65. The Bertz CT molecular complexity index is 943. The summed E-state index contributed by atoms with van der Waals surface area (Å²) in [6, 6.07) is 16.6. The molecule has 4 nitrogen and oxygen atoms in total. The molecule has 0 saturated heterocycles. The number of carbonyl (C=O) groups is 1. The van der Waals surface area contributed by atoms with Crippen LogP contribution in [0.2, 0.25) is 0 Å². The van der Waals surface area contributed by atoms with Crippen LogP contribution >= 0.6 is 0 Å². The van der Waals surface area contributed by atoms with Gasteiger partial charge in [0.1, 0.15) is 11.6 Å². The van der Waals surface area contributed by atoms with Crippen molar-refractivity contribution in [2.45, 2.75) is 12.5 Å². The van der Waals surface area contributed by atoms with E-state index in [0.717, 1.165) is 17.7 Å². The molecular weight excluding hydrogens is 333 g/mol. The van der Waals surface area contributed by atoms with E-state index in [0.29, 0.717) is 23.4 Å². The Morgan fingerprint density at radius 2 is 2.04 bits per heavy atom. The smallest absolute Gasteiger partial charge is 0.339 e. The van der Waals surface area contributed by atoms with Crippen molar-refractivity contribution in [3.63, 3.8) is 0 Å². The van der Waals surface area contributed by atoms with Gasteiger partial charge in [-0.25, -0.2) is 9.18 Å². The standard InChI is InChI=1S/C21H16FNO3/c22-17-5-3-4-15(13-17)20(18-6-1-2-10-23-18)26-21(24)16-7-8-19-14(12-16)9-11-25-19/h1-8,10,12-13,20H,9,11H2. The molecule has 26 heavy (non-hydrogen) atoms. The van der Waals surface area contributed by atoms with Crippen molar-refractivity contribution < 1.29 is 18.7 Å². The molecule has 1 aliphatic heterocycles. The van der Waals surface area contributed by atoms with Gasteiger partial charge in [-0.15, -0.1) is 0 Å². The molecule has 2 aromatic carbocycles. The number of fused-ring (bicyclic) bond motifs is 1. The van der Waals surface area contributed by atoms with E-state index in [4.69, 9.17) is 9.47 Å². The largest absolute Gasteiger partial charge is 0.493 e. The number of pyridine rings is 1. The first kappa shape index (κ1) is 16.3. The number of halogens is 1. The van der Waals surface area contributed by atoms with Crippen LogP contribution in [0.3, 0.4) is 0 Å². The third-order valence-electron chi connectivity index (χ3n) is 4.26. The van der Waals surface area contributed by atoms with Crippen molar-refractivity contribution in [2.24, 2.45) is 0 Å². The van der Waals surface area contributed by atoms with Crippen LogP contribution in [0.1, 0.15) is 33.3 Å². The van der Waals surface area contributed by atoms with Crippen molar-refractivity contribution in [3.05, 3.63) is 95.1 Å². The van der Waals surface area contributed by atoms with E-state index in [-0.39, 0.29) is 0 Å². The van der Waals surface area contributed by atoms with E-state index in [9.17, 15) is 9.18 Å². The summed E-state index contributed by atoms with van der Waals surface area (Å²) in [5.74, 6) is -0.0817. The summed E-state index contributed by atoms with van der Waals surface area (Å²) in [5, 5.41) is 0. The van der Waals surface area contributed by atoms with Gasteiger partial charge in [-0.05, 0) is 48.0 Å². The van der Waals surface area contributed by atoms with Crippen molar-refractivity contribution in [2.75, 3.05) is 6.61 Å². The van der Waals surface area contributed by atoms with Gasteiger partial charge >= 0.3 is 5.97 Å². The summed E-state index contributed by atoms with van der Waals surface area (Å²) in [7, 11) is 0. The number of esters is 1.